The van der Waals surface area contributed by atoms with Gasteiger partial charge < -0.3 is 10.1 Å². The standard InChI is InChI=1S/C27H22Cl2N2O4S/c28-21-16-15-20(24(29)17-21)18-31(36(33,34)23-11-5-2-6-12-23)19-27(32)30-25-13-7-8-14-26(25)35-22-9-3-1-4-10-22/h1-17H,18-19H2,(H,30,32). The van der Waals surface area contributed by atoms with Crippen molar-refractivity contribution in [1.82, 2.24) is 4.31 Å². The molecule has 36 heavy (non-hydrogen) atoms. The van der Waals surface area contributed by atoms with Crippen LogP contribution < -0.4 is 10.1 Å². The molecular weight excluding hydrogens is 519 g/mol. The fourth-order valence-corrected chi connectivity index (χ4v) is 5.30. The number of carbonyl (C=O) groups excluding carboxylic acids is 1. The first-order valence-electron chi connectivity index (χ1n) is 10.9. The van der Waals surface area contributed by atoms with E-state index in [0.29, 0.717) is 32.8 Å². The number of benzene rings is 4. The molecule has 0 bridgehead atoms. The molecule has 4 aromatic carbocycles. The number of para-hydroxylation sites is 3. The zero-order chi connectivity index (χ0) is 25.5. The van der Waals surface area contributed by atoms with Crippen LogP contribution >= 0.6 is 23.2 Å². The van der Waals surface area contributed by atoms with Gasteiger partial charge in [0.1, 0.15) is 5.75 Å². The number of hydrogen-bond acceptors (Lipinski definition) is 4. The molecule has 0 radical (unpaired) electrons. The van der Waals surface area contributed by atoms with Crippen molar-refractivity contribution >= 4 is 44.8 Å². The highest BCUT2D eigenvalue weighted by Crippen LogP contribution is 2.30. The van der Waals surface area contributed by atoms with Gasteiger partial charge in [0.25, 0.3) is 0 Å². The number of nitrogens with zero attached hydrogens (tertiary/aromatic N) is 1. The molecule has 0 aliphatic rings. The number of halogens is 2. The highest BCUT2D eigenvalue weighted by atomic mass is 35.5. The quantitative estimate of drug-likeness (QED) is 0.259. The summed E-state index contributed by atoms with van der Waals surface area (Å²) in [7, 11) is -4.02. The number of anilines is 1. The number of hydrogen-bond donors (Lipinski definition) is 1. The van der Waals surface area contributed by atoms with E-state index in [1.807, 2.05) is 18.2 Å². The molecule has 0 aliphatic carbocycles. The van der Waals surface area contributed by atoms with E-state index >= 15 is 0 Å². The van der Waals surface area contributed by atoms with Crippen LogP contribution in [0.15, 0.2) is 108 Å². The van der Waals surface area contributed by atoms with Crippen molar-refractivity contribution < 1.29 is 17.9 Å². The van der Waals surface area contributed by atoms with E-state index in [2.05, 4.69) is 5.32 Å². The first-order valence-corrected chi connectivity index (χ1v) is 13.1. The SMILES string of the molecule is O=C(CN(Cc1ccc(Cl)cc1Cl)S(=O)(=O)c1ccccc1)Nc1ccccc1Oc1ccccc1. The third-order valence-corrected chi connectivity index (χ3v) is 7.59. The molecule has 0 heterocycles. The number of carbonyl (C=O) groups is 1. The summed E-state index contributed by atoms with van der Waals surface area (Å²) < 4.78 is 33.9. The highest BCUT2D eigenvalue weighted by Gasteiger charge is 2.28. The Morgan fingerprint density at radius 2 is 1.47 bits per heavy atom. The molecule has 0 atom stereocenters. The lowest BCUT2D eigenvalue weighted by Gasteiger charge is -2.23. The lowest BCUT2D eigenvalue weighted by Crippen LogP contribution is -2.37. The second kappa shape index (κ2) is 11.6. The van der Waals surface area contributed by atoms with Crippen molar-refractivity contribution in [3.05, 3.63) is 119 Å². The average molecular weight is 541 g/mol. The summed E-state index contributed by atoms with van der Waals surface area (Å²) in [4.78, 5) is 13.2. The van der Waals surface area contributed by atoms with Crippen LogP contribution in [0.5, 0.6) is 11.5 Å². The van der Waals surface area contributed by atoms with Crippen LogP contribution in [-0.2, 0) is 21.4 Å². The van der Waals surface area contributed by atoms with E-state index in [-0.39, 0.29) is 11.4 Å². The third-order valence-electron chi connectivity index (χ3n) is 5.19. The van der Waals surface area contributed by atoms with Crippen LogP contribution in [-0.4, -0.2) is 25.2 Å². The monoisotopic (exact) mass is 540 g/mol. The minimum absolute atomic E-state index is 0.0655. The predicted octanol–water partition coefficient (Wildman–Crippen LogP) is 6.62. The highest BCUT2D eigenvalue weighted by molar-refractivity contribution is 7.89. The van der Waals surface area contributed by atoms with Crippen LogP contribution in [0.2, 0.25) is 10.0 Å². The van der Waals surface area contributed by atoms with Crippen molar-refractivity contribution in [2.75, 3.05) is 11.9 Å². The molecule has 4 rings (SSSR count). The molecule has 0 saturated carbocycles. The van der Waals surface area contributed by atoms with Gasteiger partial charge in [-0.05, 0) is 54.1 Å². The summed E-state index contributed by atoms with van der Waals surface area (Å²) in [6.07, 6.45) is 0. The van der Waals surface area contributed by atoms with E-state index in [4.69, 9.17) is 27.9 Å². The number of ether oxygens (including phenoxy) is 1. The molecule has 6 nitrogen and oxygen atoms in total. The van der Waals surface area contributed by atoms with Gasteiger partial charge >= 0.3 is 0 Å². The van der Waals surface area contributed by atoms with Gasteiger partial charge in [0, 0.05) is 16.6 Å². The first kappa shape index (κ1) is 25.7. The second-order valence-electron chi connectivity index (χ2n) is 7.78. The molecule has 0 spiro atoms. The van der Waals surface area contributed by atoms with Gasteiger partial charge in [0.15, 0.2) is 5.75 Å². The van der Waals surface area contributed by atoms with Gasteiger partial charge in [-0.2, -0.15) is 4.31 Å². The zero-order valence-electron chi connectivity index (χ0n) is 19.0. The van der Waals surface area contributed by atoms with Gasteiger partial charge in [0.05, 0.1) is 17.1 Å². The van der Waals surface area contributed by atoms with Gasteiger partial charge in [-0.3, -0.25) is 4.79 Å². The zero-order valence-corrected chi connectivity index (χ0v) is 21.3. The maximum absolute atomic E-state index is 13.5. The number of amides is 1. The summed E-state index contributed by atoms with van der Waals surface area (Å²) in [5.74, 6) is 0.490. The van der Waals surface area contributed by atoms with E-state index in [0.717, 1.165) is 4.31 Å². The maximum atomic E-state index is 13.5. The van der Waals surface area contributed by atoms with Gasteiger partial charge in [0.2, 0.25) is 15.9 Å². The van der Waals surface area contributed by atoms with Gasteiger partial charge in [-0.1, -0.05) is 77.8 Å². The van der Waals surface area contributed by atoms with Crippen LogP contribution in [0.3, 0.4) is 0 Å². The molecule has 0 fully saturated rings. The van der Waals surface area contributed by atoms with Crippen LogP contribution in [0.25, 0.3) is 0 Å². The Morgan fingerprint density at radius 1 is 0.833 bits per heavy atom. The third kappa shape index (κ3) is 6.44. The van der Waals surface area contributed by atoms with Crippen LogP contribution in [0.1, 0.15) is 5.56 Å². The molecule has 0 saturated heterocycles. The van der Waals surface area contributed by atoms with Crippen LogP contribution in [0.4, 0.5) is 5.69 Å². The van der Waals surface area contributed by atoms with Crippen molar-refractivity contribution in [1.29, 1.82) is 0 Å². The van der Waals surface area contributed by atoms with Crippen molar-refractivity contribution in [3.63, 3.8) is 0 Å². The van der Waals surface area contributed by atoms with Crippen LogP contribution in [0, 0.1) is 0 Å². The van der Waals surface area contributed by atoms with Crippen molar-refractivity contribution in [3.8, 4) is 11.5 Å². The minimum Gasteiger partial charge on any atom is -0.455 e. The molecule has 0 aromatic heterocycles. The molecular formula is C27H22Cl2N2O4S. The Labute approximate surface area is 220 Å². The Bertz CT molecular complexity index is 1450. The molecule has 184 valence electrons. The summed E-state index contributed by atoms with van der Waals surface area (Å²) in [6, 6.07) is 28.8. The minimum atomic E-state index is -4.02. The summed E-state index contributed by atoms with van der Waals surface area (Å²) in [5.41, 5.74) is 0.925. The average Bonchev–Trinajstić information content (AvgIpc) is 2.87. The van der Waals surface area contributed by atoms with Crippen molar-refractivity contribution in [2.24, 2.45) is 0 Å². The summed E-state index contributed by atoms with van der Waals surface area (Å²) >= 11 is 12.3. The number of nitrogens with one attached hydrogen (secondary N) is 1. The van der Waals surface area contributed by atoms with E-state index in [1.54, 1.807) is 66.7 Å². The molecule has 9 heteroatoms. The molecule has 4 aromatic rings. The van der Waals surface area contributed by atoms with Crippen molar-refractivity contribution in [2.45, 2.75) is 11.4 Å². The lowest BCUT2D eigenvalue weighted by atomic mass is 10.2. The molecule has 1 amide bonds. The first-order chi connectivity index (χ1) is 17.3. The summed E-state index contributed by atoms with van der Waals surface area (Å²) in [5, 5.41) is 3.50. The Kier molecular flexibility index (Phi) is 8.28. The second-order valence-corrected chi connectivity index (χ2v) is 10.6. The smallest absolute Gasteiger partial charge is 0.243 e. The topological polar surface area (TPSA) is 75.7 Å². The Hall–Kier alpha value is -3.36. The van der Waals surface area contributed by atoms with E-state index < -0.39 is 22.5 Å². The number of rotatable bonds is 9. The molecule has 0 aliphatic heterocycles. The fraction of sp³-hybridized carbons (Fsp3) is 0.0741. The summed E-state index contributed by atoms with van der Waals surface area (Å²) in [6.45, 7) is -0.571. The lowest BCUT2D eigenvalue weighted by molar-refractivity contribution is -0.116. The molecule has 0 unspecified atom stereocenters. The van der Waals surface area contributed by atoms with E-state index in [9.17, 15) is 13.2 Å². The normalized spacial score (nSPS) is 11.3. The number of sulfonamides is 1. The van der Waals surface area contributed by atoms with Gasteiger partial charge in [-0.15, -0.1) is 0 Å². The predicted molar refractivity (Wildman–Crippen MR) is 142 cm³/mol. The van der Waals surface area contributed by atoms with E-state index in [1.165, 1.54) is 18.2 Å². The fourth-order valence-electron chi connectivity index (χ4n) is 3.43. The molecule has 1 N–H and O–H groups in total. The Balaban J connectivity index is 1.59. The Morgan fingerprint density at radius 3 is 2.17 bits per heavy atom. The maximum Gasteiger partial charge on any atom is 0.243 e. The van der Waals surface area contributed by atoms with Gasteiger partial charge in [-0.25, -0.2) is 8.42 Å². The largest absolute Gasteiger partial charge is 0.455 e.